The van der Waals surface area contributed by atoms with E-state index in [1.54, 1.807) is 0 Å². The zero-order valence-corrected chi connectivity index (χ0v) is 24.7. The van der Waals surface area contributed by atoms with Gasteiger partial charge < -0.3 is 34.1 Å². The molecule has 0 aromatic carbocycles. The summed E-state index contributed by atoms with van der Waals surface area (Å²) in [5, 5.41) is 3.11. The van der Waals surface area contributed by atoms with Gasteiger partial charge in [-0.2, -0.15) is 0 Å². The summed E-state index contributed by atoms with van der Waals surface area (Å²) >= 11 is 0. The summed E-state index contributed by atoms with van der Waals surface area (Å²) in [7, 11) is 0. The minimum atomic E-state index is -0.367. The van der Waals surface area contributed by atoms with E-state index in [4.69, 9.17) is 18.9 Å². The molecule has 9 heteroatoms. The van der Waals surface area contributed by atoms with Crippen LogP contribution in [-0.4, -0.2) is 111 Å². The van der Waals surface area contributed by atoms with Crippen molar-refractivity contribution in [3.8, 4) is 0 Å². The van der Waals surface area contributed by atoms with Crippen molar-refractivity contribution in [1.29, 1.82) is 0 Å². The van der Waals surface area contributed by atoms with Crippen LogP contribution < -0.4 is 5.32 Å². The molecule has 5 heterocycles. The first-order valence-electron chi connectivity index (χ1n) is 16.3. The van der Waals surface area contributed by atoms with Crippen LogP contribution in [0.5, 0.6) is 0 Å². The first kappa shape index (κ1) is 30.5. The molecule has 0 radical (unpaired) electrons. The van der Waals surface area contributed by atoms with Crippen LogP contribution in [0.3, 0.4) is 0 Å². The maximum Gasteiger partial charge on any atom is 0.169 e. The van der Waals surface area contributed by atoms with Crippen molar-refractivity contribution < 1.29 is 28.5 Å². The highest BCUT2D eigenvalue weighted by Gasteiger charge is 2.42. The molecule has 3 saturated carbocycles. The number of ether oxygens (including phenoxy) is 4. The highest BCUT2D eigenvalue weighted by molar-refractivity contribution is 5.79. The summed E-state index contributed by atoms with van der Waals surface area (Å²) in [6, 6.07) is 1.57. The number of nitrogens with one attached hydrogen (secondary N) is 1. The molecular weight excluding hydrogens is 510 g/mol. The molecule has 8 rings (SSSR count). The van der Waals surface area contributed by atoms with Crippen molar-refractivity contribution in [2.24, 2.45) is 0 Å². The van der Waals surface area contributed by atoms with Crippen LogP contribution in [0.1, 0.15) is 96.3 Å². The largest absolute Gasteiger partial charge is 0.348 e. The van der Waals surface area contributed by atoms with Crippen molar-refractivity contribution >= 4 is 11.6 Å². The predicted octanol–water partition coefficient (Wildman–Crippen LogP) is 3.43. The number of ketones is 2. The van der Waals surface area contributed by atoms with E-state index in [1.165, 1.54) is 71.4 Å². The van der Waals surface area contributed by atoms with Gasteiger partial charge in [0.15, 0.2) is 11.6 Å². The van der Waals surface area contributed by atoms with E-state index >= 15 is 0 Å². The molecule has 1 N–H and O–H groups in total. The normalized spacial score (nSPS) is 30.1. The molecule has 0 aromatic heterocycles. The fraction of sp³-hybridized carbons (Fsp3) is 0.935. The van der Waals surface area contributed by atoms with E-state index < -0.39 is 0 Å². The molecule has 0 bridgehead atoms. The summed E-state index contributed by atoms with van der Waals surface area (Å²) in [6.45, 7) is 10.7. The number of Topliss-reactive ketones (excluding diaryl/α,β-unsaturated/α-hetero) is 2. The molecule has 3 aliphatic carbocycles. The second kappa shape index (κ2) is 15.0. The van der Waals surface area contributed by atoms with Crippen LogP contribution in [0.25, 0.3) is 0 Å². The third kappa shape index (κ3) is 8.55. The summed E-state index contributed by atoms with van der Waals surface area (Å²) in [4.78, 5) is 26.9. The summed E-state index contributed by atoms with van der Waals surface area (Å²) < 4.78 is 22.4. The lowest BCUT2D eigenvalue weighted by Gasteiger charge is -2.44. The smallest absolute Gasteiger partial charge is 0.169 e. The van der Waals surface area contributed by atoms with Gasteiger partial charge in [-0.3, -0.25) is 9.59 Å². The first-order chi connectivity index (χ1) is 19.5. The Bertz CT molecular complexity index is 765. The van der Waals surface area contributed by atoms with Gasteiger partial charge in [-0.1, -0.05) is 0 Å². The molecule has 9 nitrogen and oxygen atoms in total. The molecule has 2 spiro atoms. The van der Waals surface area contributed by atoms with E-state index in [9.17, 15) is 9.59 Å². The van der Waals surface area contributed by atoms with Gasteiger partial charge in [0.05, 0.1) is 26.4 Å². The Kier molecular flexibility index (Phi) is 11.4. The van der Waals surface area contributed by atoms with Gasteiger partial charge in [0.2, 0.25) is 0 Å². The lowest BCUT2D eigenvalue weighted by Crippen LogP contribution is -2.49. The number of likely N-dealkylation sites (tertiary alicyclic amines) is 2. The van der Waals surface area contributed by atoms with E-state index in [-0.39, 0.29) is 11.6 Å². The number of carbonyl (C=O) groups excluding carboxylic acids is 2. The monoisotopic (exact) mass is 563 g/mol. The zero-order chi connectivity index (χ0) is 27.7. The first-order valence-corrected chi connectivity index (χ1v) is 16.3. The van der Waals surface area contributed by atoms with Gasteiger partial charge in [0, 0.05) is 63.5 Å². The van der Waals surface area contributed by atoms with Crippen molar-refractivity contribution in [3.63, 3.8) is 0 Å². The van der Waals surface area contributed by atoms with E-state index in [2.05, 4.69) is 15.1 Å². The van der Waals surface area contributed by atoms with Crippen LogP contribution in [0.4, 0.5) is 0 Å². The zero-order valence-electron chi connectivity index (χ0n) is 24.7. The van der Waals surface area contributed by atoms with Crippen molar-refractivity contribution in [3.05, 3.63) is 0 Å². The van der Waals surface area contributed by atoms with Crippen molar-refractivity contribution in [2.45, 2.75) is 120 Å². The molecule has 0 atom stereocenters. The van der Waals surface area contributed by atoms with Gasteiger partial charge >= 0.3 is 0 Å². The van der Waals surface area contributed by atoms with Gasteiger partial charge in [-0.15, -0.1) is 0 Å². The molecule has 5 saturated heterocycles. The molecule has 8 fully saturated rings. The Morgan fingerprint density at radius 3 is 1.30 bits per heavy atom. The Morgan fingerprint density at radius 1 is 0.550 bits per heavy atom. The minimum Gasteiger partial charge on any atom is -0.348 e. The quantitative estimate of drug-likeness (QED) is 0.543. The van der Waals surface area contributed by atoms with Crippen LogP contribution in [0.2, 0.25) is 0 Å². The van der Waals surface area contributed by atoms with E-state index in [0.717, 1.165) is 76.7 Å². The van der Waals surface area contributed by atoms with Crippen LogP contribution in [-0.2, 0) is 28.5 Å². The molecule has 0 aromatic rings. The highest BCUT2D eigenvalue weighted by Crippen LogP contribution is 2.38. The Balaban J connectivity index is 0.000000114. The number of rotatable bonds is 2. The number of hydrogen-bond acceptors (Lipinski definition) is 9. The number of carbonyl (C=O) groups is 2. The second-order valence-corrected chi connectivity index (χ2v) is 12.6. The summed E-state index contributed by atoms with van der Waals surface area (Å²) in [6.07, 6.45) is 15.6. The maximum atomic E-state index is 10.9. The van der Waals surface area contributed by atoms with Gasteiger partial charge in [0.25, 0.3) is 0 Å². The molecule has 0 amide bonds. The van der Waals surface area contributed by atoms with E-state index in [1.807, 2.05) is 0 Å². The Morgan fingerprint density at radius 2 is 0.925 bits per heavy atom. The van der Waals surface area contributed by atoms with Crippen LogP contribution >= 0.6 is 0 Å². The lowest BCUT2D eigenvalue weighted by molar-refractivity contribution is -0.185. The number of nitrogens with zero attached hydrogens (tertiary/aromatic N) is 2. The fourth-order valence-corrected chi connectivity index (χ4v) is 6.77. The predicted molar refractivity (Wildman–Crippen MR) is 152 cm³/mol. The number of hydrogen-bond donors (Lipinski definition) is 1. The third-order valence-corrected chi connectivity index (χ3v) is 9.95. The average Bonchev–Trinajstić information content (AvgIpc) is 3.52. The summed E-state index contributed by atoms with van der Waals surface area (Å²) in [5.41, 5.74) is 0. The van der Waals surface area contributed by atoms with Crippen LogP contribution in [0.15, 0.2) is 0 Å². The average molecular weight is 564 g/mol. The topological polar surface area (TPSA) is 89.6 Å². The maximum absolute atomic E-state index is 10.9. The van der Waals surface area contributed by atoms with Gasteiger partial charge in [0.1, 0.15) is 11.6 Å². The minimum absolute atomic E-state index is 0.165. The van der Waals surface area contributed by atoms with E-state index in [0.29, 0.717) is 37.6 Å². The highest BCUT2D eigenvalue weighted by atomic mass is 16.7. The SMILES string of the molecule is C1CN(C2CCC3(CC2)OCCO3)C1.C1CNC1.O=C1CCC(N2CCC2)CC1.O=C1CCC2(CC1)OCCO2. The second-order valence-electron chi connectivity index (χ2n) is 12.6. The van der Waals surface area contributed by atoms with Crippen molar-refractivity contribution in [2.75, 3.05) is 65.7 Å². The Hall–Kier alpha value is -0.940. The van der Waals surface area contributed by atoms with Gasteiger partial charge in [-0.05, 0) is 84.2 Å². The fourth-order valence-electron chi connectivity index (χ4n) is 6.77. The molecule has 5 aliphatic heterocycles. The lowest BCUT2D eigenvalue weighted by atomic mass is 9.88. The molecule has 0 unspecified atom stereocenters. The molecule has 40 heavy (non-hydrogen) atoms. The summed E-state index contributed by atoms with van der Waals surface area (Å²) in [5.74, 6) is 0.284. The molecule has 8 aliphatic rings. The Labute approximate surface area is 241 Å². The third-order valence-electron chi connectivity index (χ3n) is 9.95. The molecular formula is C31H53N3O6. The standard InChI is InChI=1S/C11H19NO2.C9H15NO.C8H12O3.C3H7N/c1-6-12(7-1)10-2-4-11(5-3-10)13-8-9-14-11;11-9-4-2-8(3-5-9)10-6-1-7-10;9-7-1-3-8(4-2-7)10-5-6-11-8;1-2-4-3-1/h10H,1-9H2;8H,1-7H2;1-6H2;4H,1-3H2. The van der Waals surface area contributed by atoms with Crippen molar-refractivity contribution in [1.82, 2.24) is 15.1 Å². The molecule has 228 valence electrons. The van der Waals surface area contributed by atoms with Crippen LogP contribution in [0, 0.1) is 0 Å². The van der Waals surface area contributed by atoms with Gasteiger partial charge in [-0.25, -0.2) is 0 Å².